The maximum absolute atomic E-state index is 13.6. The molecule has 4 fully saturated rings. The quantitative estimate of drug-likeness (QED) is 0.0588. The average Bonchev–Trinajstić information content (AvgIpc) is 1.90. The number of ketones is 2. The van der Waals surface area contributed by atoms with Crippen molar-refractivity contribution in [1.82, 2.24) is 59.7 Å². The molecule has 0 spiro atoms. The first-order valence-corrected chi connectivity index (χ1v) is 28.8. The summed E-state index contributed by atoms with van der Waals surface area (Å²) < 4.78 is 14.2. The molecule has 6 atom stereocenters. The lowest BCUT2D eigenvalue weighted by Gasteiger charge is -2.27. The number of piperidine rings is 2. The number of likely N-dealkylation sites (tertiary alicyclic amines) is 1. The third-order valence-electron chi connectivity index (χ3n) is 14.7. The first kappa shape index (κ1) is 67.8. The number of nitrogens with zero attached hydrogens (tertiary/aromatic N) is 11. The number of carboxylic acids is 1. The lowest BCUT2D eigenvalue weighted by Crippen LogP contribution is -2.47. The third-order valence-corrected chi connectivity index (χ3v) is 15.5. The summed E-state index contributed by atoms with van der Waals surface area (Å²) in [5.41, 5.74) is 6.65. The second-order valence-electron chi connectivity index (χ2n) is 20.2. The molecule has 8 heterocycles. The molecule has 8 aromatic rings. The molecule has 2 saturated carbocycles. The van der Waals surface area contributed by atoms with Gasteiger partial charge < -0.3 is 35.4 Å². The minimum absolute atomic E-state index is 0. The first-order valence-electron chi connectivity index (χ1n) is 25.9. The summed E-state index contributed by atoms with van der Waals surface area (Å²) in [4.78, 5) is 101. The van der Waals surface area contributed by atoms with Crippen LogP contribution in [0.1, 0.15) is 66.2 Å². The number of carbonyl (C=O) groups is 6. The van der Waals surface area contributed by atoms with Crippen LogP contribution >= 0.6 is 57.8 Å². The zero-order valence-corrected chi connectivity index (χ0v) is 53.0. The molecule has 2 aliphatic heterocycles. The van der Waals surface area contributed by atoms with Crippen molar-refractivity contribution in [2.75, 3.05) is 37.9 Å². The maximum Gasteiger partial charge on any atom is 0.325 e. The van der Waals surface area contributed by atoms with Gasteiger partial charge in [-0.2, -0.15) is 23.7 Å². The van der Waals surface area contributed by atoms with Crippen molar-refractivity contribution in [3.05, 3.63) is 117 Å². The Hall–Kier alpha value is -7.34. The lowest BCUT2D eigenvalue weighted by molar-refractivity contribution is -0.138. The molecular formula is C57H61Br2ClN14O9S3. The second-order valence-corrected chi connectivity index (χ2v) is 21.8. The van der Waals surface area contributed by atoms with Crippen LogP contribution in [0.3, 0.4) is 0 Å². The predicted octanol–water partition coefficient (Wildman–Crippen LogP) is 8.31. The fraction of sp³-hybridized carbons (Fsp3) is 0.333. The fourth-order valence-electron chi connectivity index (χ4n) is 10.3. The maximum atomic E-state index is 13.6. The van der Waals surface area contributed by atoms with E-state index in [9.17, 15) is 28.8 Å². The van der Waals surface area contributed by atoms with Gasteiger partial charge in [-0.1, -0.05) is 31.7 Å². The first-order chi connectivity index (χ1) is 39.9. The number of halogens is 3. The number of hydrogen-bond donors (Lipinski definition) is 4. The Morgan fingerprint density at radius 2 is 1.12 bits per heavy atom. The van der Waals surface area contributed by atoms with Crippen LogP contribution in [0.15, 0.2) is 94.7 Å². The summed E-state index contributed by atoms with van der Waals surface area (Å²) in [6, 6.07) is 18.3. The number of rotatable bonds is 14. The third kappa shape index (κ3) is 15.2. The molecule has 12 rings (SSSR count). The molecule has 2 aliphatic carbocycles. The van der Waals surface area contributed by atoms with E-state index in [1.165, 1.54) is 39.2 Å². The number of Topliss-reactive ketones (excluding diaryl/α,β-unsaturated/α-hetero) is 2. The van der Waals surface area contributed by atoms with E-state index in [1.54, 1.807) is 52.6 Å². The van der Waals surface area contributed by atoms with Gasteiger partial charge in [0, 0.05) is 89.5 Å². The number of methoxy groups -OCH3 is 2. The number of fused-ring (bicyclic) bond motifs is 4. The van der Waals surface area contributed by atoms with E-state index in [2.05, 4.69) is 110 Å². The molecule has 29 heteroatoms. The van der Waals surface area contributed by atoms with Gasteiger partial charge in [0.2, 0.25) is 17.7 Å². The number of hydrogen-bond acceptors (Lipinski definition) is 19. The number of carbonyl (C=O) groups excluding carboxylic acids is 5. The molecule has 452 valence electrons. The van der Waals surface area contributed by atoms with Crippen LogP contribution in [0.4, 0.5) is 11.6 Å². The van der Waals surface area contributed by atoms with Crippen LogP contribution in [0.25, 0.3) is 44.1 Å². The summed E-state index contributed by atoms with van der Waals surface area (Å²) in [5, 5.41) is 27.9. The highest BCUT2D eigenvalue weighted by Gasteiger charge is 2.57. The highest BCUT2D eigenvalue weighted by atomic mass is 79.9. The van der Waals surface area contributed by atoms with Crippen molar-refractivity contribution < 1.29 is 43.3 Å². The molecule has 0 bridgehead atoms. The van der Waals surface area contributed by atoms with Gasteiger partial charge in [-0.15, -0.1) is 12.4 Å². The van der Waals surface area contributed by atoms with Crippen LogP contribution in [0.5, 0.6) is 12.0 Å². The minimum atomic E-state index is -1.03. The zero-order valence-electron chi connectivity index (χ0n) is 46.4. The van der Waals surface area contributed by atoms with Gasteiger partial charge in [0.05, 0.1) is 31.3 Å². The standard InChI is InChI=1S/C28H26BrN7O4.C16H14N4O4.C12H14BrN3O.CH4.ClH.S2.H2S/c1-14-4-7-22(29)32-26(14)33-27(39)25-19-9-17(19)12-35(25)23(38)13-36-21-6-5-16(8-20(21)24(34-36)15(2)37)18-10-30-28(40-3)31-11-18;1-9(21)15-12-5-10(11-6-17-16(24-2)18-7-11)3-4-13(12)20(19-15)8-14(22)23;1-6-2-3-9(13)15-11(6)16-12(17)10-8-4-7(8)5-14-10;;;1-2;/h4-8,10-11,17,19,25H,9,12-13H2,1-3H3,(H,32,33,39);3-7H,8H2,1-2H3,(H,22,23);2-3,7-8,10,14H,4-5H2,1H3,(H,15,16,17);1H4;1H;;1H2/t17-,19-,25+;;7-,8-,10+;;;;/m1.1..../s1. The monoisotopic (exact) mass is 1370 g/mol. The van der Waals surface area contributed by atoms with Gasteiger partial charge in [0.1, 0.15) is 51.4 Å². The Labute approximate surface area is 534 Å². The van der Waals surface area contributed by atoms with E-state index in [0.717, 1.165) is 56.9 Å². The number of anilines is 2. The number of nitrogens with one attached hydrogen (secondary N) is 3. The van der Waals surface area contributed by atoms with Crippen molar-refractivity contribution >= 4 is 149 Å². The van der Waals surface area contributed by atoms with E-state index < -0.39 is 12.0 Å². The van der Waals surface area contributed by atoms with E-state index in [0.29, 0.717) is 56.4 Å². The van der Waals surface area contributed by atoms with E-state index in [4.69, 9.17) is 14.6 Å². The number of benzene rings is 2. The van der Waals surface area contributed by atoms with Gasteiger partial charge in [-0.25, -0.2) is 29.9 Å². The lowest BCUT2D eigenvalue weighted by atomic mass is 10.0. The van der Waals surface area contributed by atoms with Gasteiger partial charge >= 0.3 is 18.0 Å². The molecule has 0 unspecified atom stereocenters. The van der Waals surface area contributed by atoms with Crippen LogP contribution < -0.4 is 25.4 Å². The number of pyridine rings is 2. The smallest absolute Gasteiger partial charge is 0.325 e. The Bertz CT molecular complexity index is 3840. The van der Waals surface area contributed by atoms with Crippen molar-refractivity contribution in [2.24, 2.45) is 23.7 Å². The zero-order chi connectivity index (χ0) is 59.4. The van der Waals surface area contributed by atoms with E-state index in [-0.39, 0.29) is 111 Å². The summed E-state index contributed by atoms with van der Waals surface area (Å²) in [7, 11) is 2.98. The molecule has 4 N–H and O–H groups in total. The molecule has 6 aromatic heterocycles. The second kappa shape index (κ2) is 29.4. The van der Waals surface area contributed by atoms with Crippen molar-refractivity contribution in [2.45, 2.75) is 73.1 Å². The van der Waals surface area contributed by atoms with Crippen LogP contribution in [-0.4, -0.2) is 134 Å². The highest BCUT2D eigenvalue weighted by molar-refractivity contribution is 9.10. The predicted molar refractivity (Wildman–Crippen MR) is 342 cm³/mol. The molecular weight excluding hydrogens is 1320 g/mol. The number of ether oxygens (including phenoxy) is 2. The topological polar surface area (TPSA) is 293 Å². The van der Waals surface area contributed by atoms with Crippen LogP contribution in [0.2, 0.25) is 0 Å². The number of aryl methyl sites for hydroxylation is 2. The Morgan fingerprint density at radius 3 is 1.53 bits per heavy atom. The number of aliphatic carboxylic acids is 1. The summed E-state index contributed by atoms with van der Waals surface area (Å²) in [5.74, 6) is 0.944. The van der Waals surface area contributed by atoms with Crippen molar-refractivity contribution in [3.8, 4) is 34.3 Å². The van der Waals surface area contributed by atoms with Gasteiger partial charge in [-0.05, 0) is 147 Å². The molecule has 4 aliphatic rings. The van der Waals surface area contributed by atoms with Crippen LogP contribution in [-0.2, 0) is 54.6 Å². The molecule has 23 nitrogen and oxygen atoms in total. The van der Waals surface area contributed by atoms with E-state index in [1.807, 2.05) is 56.3 Å². The van der Waals surface area contributed by atoms with Gasteiger partial charge in [0.15, 0.2) is 11.6 Å². The number of amides is 3. The summed E-state index contributed by atoms with van der Waals surface area (Å²) in [6.45, 7) is 7.76. The Morgan fingerprint density at radius 1 is 0.663 bits per heavy atom. The summed E-state index contributed by atoms with van der Waals surface area (Å²) >= 11 is 14.0. The number of carboxylic acid groups (broad SMARTS) is 1. The normalized spacial score (nSPS) is 18.0. The van der Waals surface area contributed by atoms with Crippen molar-refractivity contribution in [1.29, 1.82) is 0 Å². The molecule has 2 aromatic carbocycles. The van der Waals surface area contributed by atoms with Gasteiger partial charge in [0.25, 0.3) is 0 Å². The average molecular weight is 1380 g/mol. The molecule has 2 saturated heterocycles. The molecule has 86 heavy (non-hydrogen) atoms. The molecule has 0 radical (unpaired) electrons. The fourth-order valence-corrected chi connectivity index (χ4v) is 10.9. The minimum Gasteiger partial charge on any atom is -0.480 e. The number of aromatic nitrogens is 10. The van der Waals surface area contributed by atoms with Gasteiger partial charge in [-0.3, -0.25) is 38.1 Å². The van der Waals surface area contributed by atoms with E-state index >= 15 is 0 Å². The molecule has 3 amide bonds. The van der Waals surface area contributed by atoms with Crippen molar-refractivity contribution in [3.63, 3.8) is 0 Å². The van der Waals surface area contributed by atoms with Crippen LogP contribution in [0, 0.1) is 37.5 Å². The largest absolute Gasteiger partial charge is 0.480 e. The Kier molecular flexibility index (Phi) is 23.1. The highest BCUT2D eigenvalue weighted by Crippen LogP contribution is 2.50. The SMILES string of the molecule is C.COc1ncc(-c2ccc3c(c2)c(C(C)=O)nn3CC(=O)N2C[C@H]3C[C@H]3[C@H]2C(=O)Nc2nc(Br)ccc2C)cn1.COc1ncc(-c2ccc3c(c2)c(C(C)=O)nn3CC(=O)O)cn1.Cc1ccc(Br)nc1NC(=O)[C@H]1NC[C@H]2C[C@H]21.Cl.S.S=S. The summed E-state index contributed by atoms with van der Waals surface area (Å²) in [6.07, 6.45) is 8.62. The Balaban J connectivity index is 0.000000219.